The fourth-order valence-electron chi connectivity index (χ4n) is 0.809. The first-order valence-electron chi connectivity index (χ1n) is 3.78. The number of carboxylic acids is 1. The highest BCUT2D eigenvalue weighted by Crippen LogP contribution is 1.89. The number of nitrogens with zero attached hydrogens (tertiary/aromatic N) is 1. The van der Waals surface area contributed by atoms with Crippen LogP contribution in [0.25, 0.3) is 0 Å². The van der Waals surface area contributed by atoms with Crippen LogP contribution in [0.1, 0.15) is 13.3 Å². The predicted octanol–water partition coefficient (Wildman–Crippen LogP) is -0.732. The Morgan fingerprint density at radius 1 is 1.50 bits per heavy atom. The highest BCUT2D eigenvalue weighted by molar-refractivity contribution is 5.74. The van der Waals surface area contributed by atoms with E-state index in [0.717, 1.165) is 0 Å². The van der Waals surface area contributed by atoms with E-state index in [4.69, 9.17) is 10.8 Å². The van der Waals surface area contributed by atoms with Crippen LogP contribution in [0, 0.1) is 0 Å². The third kappa shape index (κ3) is 5.67. The second-order valence-electron chi connectivity index (χ2n) is 2.48. The molecule has 0 aliphatic carbocycles. The molecule has 0 unspecified atom stereocenters. The Hall–Kier alpha value is -1.10. The third-order valence-electron chi connectivity index (χ3n) is 1.48. The molecule has 0 aromatic carbocycles. The largest absolute Gasteiger partial charge is 0.480 e. The molecular formula is C7H14N2O3. The molecule has 12 heavy (non-hydrogen) atoms. The Bertz CT molecular complexity index is 170. The van der Waals surface area contributed by atoms with Gasteiger partial charge in [-0.1, -0.05) is 6.92 Å². The molecule has 1 amide bonds. The predicted molar refractivity (Wildman–Crippen MR) is 43.6 cm³/mol. The molecule has 3 N–H and O–H groups in total. The zero-order chi connectivity index (χ0) is 9.56. The number of carboxylic acid groups (broad SMARTS) is 1. The molecule has 0 aromatic rings. The second kappa shape index (κ2) is 5.54. The minimum atomic E-state index is -0.888. The molecule has 0 aliphatic rings. The second-order valence-corrected chi connectivity index (χ2v) is 2.48. The summed E-state index contributed by atoms with van der Waals surface area (Å²) in [6, 6.07) is 0. The maximum absolute atomic E-state index is 10.4. The van der Waals surface area contributed by atoms with Crippen molar-refractivity contribution < 1.29 is 14.7 Å². The van der Waals surface area contributed by atoms with Crippen LogP contribution in [0.5, 0.6) is 0 Å². The lowest BCUT2D eigenvalue weighted by Gasteiger charge is -2.16. The first kappa shape index (κ1) is 10.9. The van der Waals surface area contributed by atoms with Crippen LogP contribution in [0.3, 0.4) is 0 Å². The Balaban J connectivity index is 3.67. The van der Waals surface area contributed by atoms with Gasteiger partial charge in [-0.25, -0.2) is 0 Å². The number of hydrogen-bond donors (Lipinski definition) is 2. The van der Waals surface area contributed by atoms with E-state index < -0.39 is 11.9 Å². The van der Waals surface area contributed by atoms with Crippen molar-refractivity contribution in [2.75, 3.05) is 19.6 Å². The van der Waals surface area contributed by atoms with Gasteiger partial charge in [0.05, 0.1) is 6.54 Å². The van der Waals surface area contributed by atoms with Gasteiger partial charge in [-0.15, -0.1) is 0 Å². The summed E-state index contributed by atoms with van der Waals surface area (Å²) in [5.74, 6) is -1.29. The number of aliphatic carboxylic acids is 1. The molecule has 5 heteroatoms. The average molecular weight is 174 g/mol. The van der Waals surface area contributed by atoms with Crippen molar-refractivity contribution in [1.29, 1.82) is 0 Å². The molecule has 0 radical (unpaired) electrons. The Morgan fingerprint density at radius 3 is 2.42 bits per heavy atom. The maximum atomic E-state index is 10.4. The summed E-state index contributed by atoms with van der Waals surface area (Å²) in [7, 11) is 0. The molecule has 70 valence electrons. The molecule has 0 saturated heterocycles. The number of carbonyl (C=O) groups excluding carboxylic acids is 1. The lowest BCUT2D eigenvalue weighted by molar-refractivity contribution is -0.138. The van der Waals surface area contributed by atoms with Gasteiger partial charge in [-0.05, 0) is 6.54 Å². The van der Waals surface area contributed by atoms with E-state index in [-0.39, 0.29) is 13.0 Å². The van der Waals surface area contributed by atoms with Crippen molar-refractivity contribution in [1.82, 2.24) is 4.90 Å². The molecular weight excluding hydrogens is 160 g/mol. The number of primary amides is 1. The molecule has 0 aliphatic heterocycles. The van der Waals surface area contributed by atoms with Crippen LogP contribution in [-0.4, -0.2) is 41.5 Å². The van der Waals surface area contributed by atoms with E-state index in [1.54, 1.807) is 4.90 Å². The number of amides is 1. The van der Waals surface area contributed by atoms with E-state index in [0.29, 0.717) is 13.1 Å². The summed E-state index contributed by atoms with van der Waals surface area (Å²) >= 11 is 0. The van der Waals surface area contributed by atoms with Crippen molar-refractivity contribution in [3.05, 3.63) is 0 Å². The molecule has 5 nitrogen and oxygen atoms in total. The normalized spacial score (nSPS) is 10.2. The van der Waals surface area contributed by atoms with Gasteiger partial charge in [0.15, 0.2) is 0 Å². The number of nitrogens with two attached hydrogens (primary N) is 1. The van der Waals surface area contributed by atoms with E-state index in [1.807, 2.05) is 6.92 Å². The maximum Gasteiger partial charge on any atom is 0.317 e. The van der Waals surface area contributed by atoms with Gasteiger partial charge in [0, 0.05) is 13.0 Å². The van der Waals surface area contributed by atoms with Gasteiger partial charge in [-0.3, -0.25) is 14.5 Å². The molecule has 0 fully saturated rings. The summed E-state index contributed by atoms with van der Waals surface area (Å²) in [6.45, 7) is 2.82. The summed E-state index contributed by atoms with van der Waals surface area (Å²) in [5, 5.41) is 8.42. The van der Waals surface area contributed by atoms with E-state index in [2.05, 4.69) is 0 Å². The van der Waals surface area contributed by atoms with Crippen molar-refractivity contribution >= 4 is 11.9 Å². The highest BCUT2D eigenvalue weighted by atomic mass is 16.4. The number of likely N-dealkylation sites (N-methyl/N-ethyl adjacent to an activating group) is 1. The van der Waals surface area contributed by atoms with Crippen molar-refractivity contribution in [2.45, 2.75) is 13.3 Å². The van der Waals surface area contributed by atoms with Crippen LogP contribution in [0.15, 0.2) is 0 Å². The standard InChI is InChI=1S/C7H14N2O3/c1-2-9(5-7(11)12)4-3-6(8)10/h2-5H2,1H3,(H2,8,10)(H,11,12). The smallest absolute Gasteiger partial charge is 0.317 e. The lowest BCUT2D eigenvalue weighted by Crippen LogP contribution is -2.32. The van der Waals surface area contributed by atoms with Gasteiger partial charge < -0.3 is 10.8 Å². The monoisotopic (exact) mass is 174 g/mol. The Labute approximate surface area is 71.1 Å². The first-order chi connectivity index (χ1) is 5.56. The van der Waals surface area contributed by atoms with Crippen LogP contribution < -0.4 is 5.73 Å². The van der Waals surface area contributed by atoms with Crippen LogP contribution in [-0.2, 0) is 9.59 Å². The zero-order valence-corrected chi connectivity index (χ0v) is 7.12. The van der Waals surface area contributed by atoms with Crippen molar-refractivity contribution in [2.24, 2.45) is 5.73 Å². The minimum Gasteiger partial charge on any atom is -0.480 e. The van der Waals surface area contributed by atoms with Gasteiger partial charge >= 0.3 is 5.97 Å². The minimum absolute atomic E-state index is 0.0379. The fourth-order valence-corrected chi connectivity index (χ4v) is 0.809. The van der Waals surface area contributed by atoms with Crippen LogP contribution in [0.4, 0.5) is 0 Å². The molecule has 0 spiro atoms. The molecule has 0 saturated carbocycles. The molecule has 0 bridgehead atoms. The van der Waals surface area contributed by atoms with Gasteiger partial charge in [-0.2, -0.15) is 0 Å². The quantitative estimate of drug-likeness (QED) is 0.556. The fraction of sp³-hybridized carbons (Fsp3) is 0.714. The topological polar surface area (TPSA) is 83.6 Å². The van der Waals surface area contributed by atoms with Gasteiger partial charge in [0.25, 0.3) is 0 Å². The Kier molecular flexibility index (Phi) is 5.03. The summed E-state index contributed by atoms with van der Waals surface area (Å²) in [6.07, 6.45) is 0.209. The number of rotatable bonds is 6. The van der Waals surface area contributed by atoms with Gasteiger partial charge in [0.1, 0.15) is 0 Å². The summed E-state index contributed by atoms with van der Waals surface area (Å²) in [5.41, 5.74) is 4.91. The van der Waals surface area contributed by atoms with Gasteiger partial charge in [0.2, 0.25) is 5.91 Å². The van der Waals surface area contributed by atoms with Crippen LogP contribution in [0.2, 0.25) is 0 Å². The SMILES string of the molecule is CCN(CCC(N)=O)CC(=O)O. The summed E-state index contributed by atoms with van der Waals surface area (Å²) < 4.78 is 0. The molecule has 0 atom stereocenters. The van der Waals surface area contributed by atoms with E-state index in [9.17, 15) is 9.59 Å². The Morgan fingerprint density at radius 2 is 2.08 bits per heavy atom. The zero-order valence-electron chi connectivity index (χ0n) is 7.12. The number of hydrogen-bond acceptors (Lipinski definition) is 3. The van der Waals surface area contributed by atoms with E-state index in [1.165, 1.54) is 0 Å². The van der Waals surface area contributed by atoms with Crippen molar-refractivity contribution in [3.63, 3.8) is 0 Å². The number of carbonyl (C=O) groups is 2. The van der Waals surface area contributed by atoms with Crippen LogP contribution >= 0.6 is 0 Å². The molecule has 0 aromatic heterocycles. The highest BCUT2D eigenvalue weighted by Gasteiger charge is 2.07. The average Bonchev–Trinajstić information content (AvgIpc) is 1.97. The lowest BCUT2D eigenvalue weighted by atomic mass is 10.3. The van der Waals surface area contributed by atoms with Crippen molar-refractivity contribution in [3.8, 4) is 0 Å². The summed E-state index contributed by atoms with van der Waals surface area (Å²) in [4.78, 5) is 22.3. The van der Waals surface area contributed by atoms with E-state index >= 15 is 0 Å². The third-order valence-corrected chi connectivity index (χ3v) is 1.48. The first-order valence-corrected chi connectivity index (χ1v) is 3.78. The molecule has 0 rings (SSSR count). The molecule has 0 heterocycles.